The van der Waals surface area contributed by atoms with E-state index in [1.165, 1.54) is 33.4 Å². The van der Waals surface area contributed by atoms with Crippen LogP contribution < -0.4 is 9.05 Å². The third-order valence-corrected chi connectivity index (χ3v) is 10.8. The molecule has 0 aromatic heterocycles. The van der Waals surface area contributed by atoms with E-state index in [-0.39, 0.29) is 10.8 Å². The van der Waals surface area contributed by atoms with Crippen molar-refractivity contribution in [3.63, 3.8) is 0 Å². The monoisotopic (exact) mass is 620 g/mol. The van der Waals surface area contributed by atoms with Crippen LogP contribution in [-0.2, 0) is 41.1 Å². The predicted octanol–water partition coefficient (Wildman–Crippen LogP) is 10.9. The van der Waals surface area contributed by atoms with Crippen LogP contribution in [-0.4, -0.2) is 4.89 Å². The fourth-order valence-electron chi connectivity index (χ4n) is 7.47. The average Bonchev–Trinajstić information content (AvgIpc) is 3.13. The largest absolute Gasteiger partial charge is 0.584 e. The highest BCUT2D eigenvalue weighted by molar-refractivity contribution is 7.48. The molecule has 4 aromatic rings. The number of rotatable bonds is 2. The summed E-state index contributed by atoms with van der Waals surface area (Å²) in [6, 6.07) is 21.6. The highest BCUT2D eigenvalue weighted by Gasteiger charge is 2.40. The van der Waals surface area contributed by atoms with Crippen molar-refractivity contribution >= 4 is 7.82 Å². The van der Waals surface area contributed by atoms with Gasteiger partial charge in [-0.1, -0.05) is 90.1 Å². The zero-order valence-corrected chi connectivity index (χ0v) is 28.4. The fraction of sp³-hybridized carbons (Fsp3) is 0.400. The number of fused-ring (bicyclic) bond motifs is 7. The number of hydrogen-bond donors (Lipinski definition) is 1. The molecule has 0 unspecified atom stereocenters. The minimum absolute atomic E-state index is 0.0237. The minimum atomic E-state index is -4.53. The molecule has 5 heteroatoms. The second kappa shape index (κ2) is 10.9. The van der Waals surface area contributed by atoms with Gasteiger partial charge in [-0.15, -0.1) is 0 Å². The molecule has 0 amide bonds. The first-order valence-electron chi connectivity index (χ1n) is 16.6. The first kappa shape index (κ1) is 30.3. The number of phosphoric acid groups is 1. The smallest absolute Gasteiger partial charge is 0.394 e. The SMILES string of the molecule is CC(C)(C)c1ccc(-c2cc3c(c4c2OP(=O)(O)Oc2c(-c5ccc(C(C)(C)C)cc5)cc5c(c2-4)CCCC5)CCCC3)cc1. The Balaban J connectivity index is 1.54. The van der Waals surface area contributed by atoms with Gasteiger partial charge in [0.25, 0.3) is 0 Å². The van der Waals surface area contributed by atoms with E-state index in [1.807, 2.05) is 0 Å². The van der Waals surface area contributed by atoms with Crippen LogP contribution in [0.3, 0.4) is 0 Å². The van der Waals surface area contributed by atoms with E-state index in [4.69, 9.17) is 9.05 Å². The fourth-order valence-corrected chi connectivity index (χ4v) is 8.34. The molecule has 0 spiro atoms. The molecule has 0 saturated carbocycles. The van der Waals surface area contributed by atoms with Gasteiger partial charge in [-0.25, -0.2) is 4.57 Å². The summed E-state index contributed by atoms with van der Waals surface area (Å²) in [7, 11) is -4.53. The van der Waals surface area contributed by atoms with Gasteiger partial charge >= 0.3 is 7.82 Å². The molecule has 3 aliphatic rings. The maximum Gasteiger partial charge on any atom is 0.584 e. The second-order valence-corrected chi connectivity index (χ2v) is 16.6. The van der Waals surface area contributed by atoms with Crippen LogP contribution >= 0.6 is 7.82 Å². The molecule has 4 nitrogen and oxygen atoms in total. The Morgan fingerprint density at radius 3 is 1.29 bits per heavy atom. The van der Waals surface area contributed by atoms with Gasteiger partial charge in [0.05, 0.1) is 0 Å². The van der Waals surface area contributed by atoms with E-state index < -0.39 is 7.82 Å². The molecule has 0 bridgehead atoms. The van der Waals surface area contributed by atoms with Gasteiger partial charge in [0.15, 0.2) is 0 Å². The summed E-state index contributed by atoms with van der Waals surface area (Å²) in [6.07, 6.45) is 8.24. The Bertz CT molecular complexity index is 1700. The molecule has 1 N–H and O–H groups in total. The zero-order valence-electron chi connectivity index (χ0n) is 27.5. The van der Waals surface area contributed by atoms with Crippen molar-refractivity contribution in [3.8, 4) is 44.9 Å². The lowest BCUT2D eigenvalue weighted by atomic mass is 9.77. The number of benzene rings is 4. The average molecular weight is 621 g/mol. The zero-order chi connectivity index (χ0) is 31.7. The van der Waals surface area contributed by atoms with Gasteiger partial charge in [0.1, 0.15) is 11.5 Å². The third-order valence-electron chi connectivity index (χ3n) is 9.99. The van der Waals surface area contributed by atoms with Crippen LogP contribution in [0.4, 0.5) is 0 Å². The van der Waals surface area contributed by atoms with E-state index in [0.29, 0.717) is 11.5 Å². The van der Waals surface area contributed by atoms with Crippen molar-refractivity contribution in [2.24, 2.45) is 0 Å². The molecule has 2 aliphatic carbocycles. The van der Waals surface area contributed by atoms with Gasteiger partial charge < -0.3 is 9.05 Å². The molecule has 1 heterocycles. The molecular weight excluding hydrogens is 575 g/mol. The molecule has 1 aliphatic heterocycles. The molecule has 0 fully saturated rings. The molecule has 7 rings (SSSR count). The lowest BCUT2D eigenvalue weighted by molar-refractivity contribution is 0.295. The summed E-state index contributed by atoms with van der Waals surface area (Å²) in [4.78, 5) is 11.4. The first-order chi connectivity index (χ1) is 21.3. The van der Waals surface area contributed by atoms with Gasteiger partial charge in [-0.2, -0.15) is 0 Å². The van der Waals surface area contributed by atoms with Crippen LogP contribution in [0.2, 0.25) is 0 Å². The molecule has 0 atom stereocenters. The molecule has 45 heavy (non-hydrogen) atoms. The van der Waals surface area contributed by atoms with Crippen molar-refractivity contribution in [2.75, 3.05) is 0 Å². The summed E-state index contributed by atoms with van der Waals surface area (Å²) in [5.74, 6) is 0.966. The molecule has 234 valence electrons. The molecule has 0 radical (unpaired) electrons. The van der Waals surface area contributed by atoms with Crippen LogP contribution in [0.25, 0.3) is 33.4 Å². The Labute approximate surface area is 268 Å². The Hall–Kier alpha value is -3.33. The summed E-state index contributed by atoms with van der Waals surface area (Å²) in [5.41, 5.74) is 13.3. The maximum absolute atomic E-state index is 14.0. The Kier molecular flexibility index (Phi) is 7.34. The van der Waals surface area contributed by atoms with Crippen LogP contribution in [0, 0.1) is 0 Å². The van der Waals surface area contributed by atoms with Gasteiger partial charge in [0.2, 0.25) is 0 Å². The molecule has 0 saturated heterocycles. The highest BCUT2D eigenvalue weighted by atomic mass is 31.2. The normalized spacial score (nSPS) is 17.1. The summed E-state index contributed by atoms with van der Waals surface area (Å²) >= 11 is 0. The van der Waals surface area contributed by atoms with Crippen molar-refractivity contribution in [2.45, 2.75) is 104 Å². The predicted molar refractivity (Wildman–Crippen MR) is 185 cm³/mol. The summed E-state index contributed by atoms with van der Waals surface area (Å²) in [5, 5.41) is 0. The van der Waals surface area contributed by atoms with Crippen molar-refractivity contribution in [1.29, 1.82) is 0 Å². The number of aryl methyl sites for hydroxylation is 2. The first-order valence-corrected chi connectivity index (χ1v) is 18.1. The summed E-state index contributed by atoms with van der Waals surface area (Å²) in [6.45, 7) is 13.3. The van der Waals surface area contributed by atoms with E-state index >= 15 is 0 Å². The topological polar surface area (TPSA) is 55.8 Å². The molecular formula is C40H45O4P. The number of hydrogen-bond acceptors (Lipinski definition) is 3. The highest BCUT2D eigenvalue weighted by Crippen LogP contribution is 2.61. The van der Waals surface area contributed by atoms with Crippen molar-refractivity contribution in [3.05, 3.63) is 94.0 Å². The minimum Gasteiger partial charge on any atom is -0.394 e. The third kappa shape index (κ3) is 5.55. The van der Waals surface area contributed by atoms with Gasteiger partial charge in [-0.3, -0.25) is 4.89 Å². The molecule has 4 aromatic carbocycles. The lowest BCUT2D eigenvalue weighted by Gasteiger charge is -2.28. The van der Waals surface area contributed by atoms with Crippen LogP contribution in [0.1, 0.15) is 101 Å². The summed E-state index contributed by atoms with van der Waals surface area (Å²) < 4.78 is 26.4. The van der Waals surface area contributed by atoms with E-state index in [1.54, 1.807) is 0 Å². The van der Waals surface area contributed by atoms with Crippen molar-refractivity contribution in [1.82, 2.24) is 0 Å². The lowest BCUT2D eigenvalue weighted by Crippen LogP contribution is -2.11. The van der Waals surface area contributed by atoms with Gasteiger partial charge in [0, 0.05) is 22.3 Å². The van der Waals surface area contributed by atoms with Crippen LogP contribution in [0.5, 0.6) is 11.5 Å². The second-order valence-electron chi connectivity index (χ2n) is 15.3. The van der Waals surface area contributed by atoms with Crippen molar-refractivity contribution < 1.29 is 18.5 Å². The number of phosphoric ester groups is 1. The van der Waals surface area contributed by atoms with E-state index in [2.05, 4.69) is 102 Å². The van der Waals surface area contributed by atoms with E-state index in [0.717, 1.165) is 84.7 Å². The van der Waals surface area contributed by atoms with Crippen LogP contribution in [0.15, 0.2) is 60.7 Å². The Morgan fingerprint density at radius 2 is 0.933 bits per heavy atom. The standard InChI is InChI=1S/C40H45O4P/c1-39(2,3)29-19-15-25(16-20-29)33-23-27-11-7-9-13-31(27)35-36-32-14-10-8-12-28(32)24-34(38(36)44-45(41,42)43-37(33)35)26-17-21-30(22-18-26)40(4,5)6/h15-24H,7-14H2,1-6H3,(H,41,42). The van der Waals surface area contributed by atoms with E-state index in [9.17, 15) is 9.46 Å². The maximum atomic E-state index is 14.0. The quantitative estimate of drug-likeness (QED) is 0.227. The van der Waals surface area contributed by atoms with Gasteiger partial charge in [-0.05, 0) is 119 Å². The Morgan fingerprint density at radius 1 is 0.578 bits per heavy atom.